The van der Waals surface area contributed by atoms with Crippen LogP contribution in [0.3, 0.4) is 0 Å². The highest BCUT2D eigenvalue weighted by Gasteiger charge is 2.49. The minimum atomic E-state index is -3.36. The molecule has 6 fully saturated rings. The lowest BCUT2D eigenvalue weighted by atomic mass is 9.79. The monoisotopic (exact) mass is 1160 g/mol. The molecule has 1 aliphatic carbocycles. The number of rotatable bonds is 23. The van der Waals surface area contributed by atoms with Gasteiger partial charge in [0.25, 0.3) is 0 Å². The summed E-state index contributed by atoms with van der Waals surface area (Å²) in [6.07, 6.45) is 11.2. The second-order valence-corrected chi connectivity index (χ2v) is 28.6. The van der Waals surface area contributed by atoms with Gasteiger partial charge in [-0.25, -0.2) is 12.7 Å². The number of aliphatic hydroxyl groups is 1. The predicted octanol–water partition coefficient (Wildman–Crippen LogP) is 4.03. The molecule has 5 aliphatic heterocycles. The Morgan fingerprint density at radius 3 is 2.25 bits per heavy atom. The lowest BCUT2D eigenvalue weighted by Crippen LogP contribution is -2.57. The van der Waals surface area contributed by atoms with Gasteiger partial charge < -0.3 is 47.2 Å². The van der Waals surface area contributed by atoms with E-state index >= 15 is 0 Å². The van der Waals surface area contributed by atoms with E-state index in [1.807, 2.05) is 32.5 Å². The summed E-state index contributed by atoms with van der Waals surface area (Å²) in [5.41, 5.74) is 3.68. The Kier molecular flexibility index (Phi) is 21.5. The molecule has 442 valence electrons. The van der Waals surface area contributed by atoms with Crippen molar-refractivity contribution < 1.29 is 42.3 Å². The molecule has 7 unspecified atom stereocenters. The Balaban J connectivity index is 0.702. The summed E-state index contributed by atoms with van der Waals surface area (Å²) < 4.78 is 25.0. The Labute approximate surface area is 482 Å². The molecular weight excluding hydrogens is 1080 g/mol. The molecule has 19 nitrogen and oxygen atoms in total. The smallest absolute Gasteiger partial charge is 0.246 e. The van der Waals surface area contributed by atoms with Gasteiger partial charge in [0, 0.05) is 81.7 Å². The van der Waals surface area contributed by atoms with E-state index in [1.165, 1.54) is 46.0 Å². The van der Waals surface area contributed by atoms with Crippen LogP contribution >= 0.6 is 23.5 Å². The molecule has 0 aromatic heterocycles. The van der Waals surface area contributed by atoms with Crippen molar-refractivity contribution in [3.05, 3.63) is 70.8 Å². The van der Waals surface area contributed by atoms with E-state index in [2.05, 4.69) is 98.0 Å². The van der Waals surface area contributed by atoms with Crippen LogP contribution in [0, 0.1) is 17.3 Å². The first-order valence-corrected chi connectivity index (χ1v) is 33.1. The van der Waals surface area contributed by atoms with Crippen LogP contribution in [0.15, 0.2) is 48.5 Å². The van der Waals surface area contributed by atoms with Crippen LogP contribution in [-0.2, 0) is 50.1 Å². The number of hydrogen-bond donors (Lipinski definition) is 9. The fourth-order valence-electron chi connectivity index (χ4n) is 12.7. The number of unbranched alkanes of at least 4 members (excludes halogenated alkanes) is 3. The molecule has 5 heterocycles. The topological polar surface area (TPSA) is 260 Å². The van der Waals surface area contributed by atoms with E-state index in [0.29, 0.717) is 63.2 Å². The lowest BCUT2D eigenvalue weighted by Gasteiger charge is -2.39. The average Bonchev–Trinajstić information content (AvgIpc) is 4.32. The number of aliphatic hydroxyl groups excluding tert-OH is 1. The number of hydrogen-bond acceptors (Lipinski definition) is 14. The van der Waals surface area contributed by atoms with E-state index in [9.17, 15) is 42.3 Å². The molecule has 2 aromatic rings. The van der Waals surface area contributed by atoms with Gasteiger partial charge in [0.2, 0.25) is 45.5 Å². The summed E-state index contributed by atoms with van der Waals surface area (Å²) in [4.78, 5) is 81.0. The maximum atomic E-state index is 14.2. The maximum Gasteiger partial charge on any atom is 0.246 e. The molecule has 22 heteroatoms. The number of carbonyl (C=O) groups excluding carboxylic acids is 6. The zero-order valence-electron chi connectivity index (χ0n) is 47.5. The number of thioether (sulfide) groups is 2. The van der Waals surface area contributed by atoms with Crippen LogP contribution < -0.4 is 42.5 Å². The molecule has 1 saturated carbocycles. The van der Waals surface area contributed by atoms with Gasteiger partial charge in [0.15, 0.2) is 0 Å². The van der Waals surface area contributed by atoms with Crippen LogP contribution in [0.25, 0.3) is 0 Å². The summed E-state index contributed by atoms with van der Waals surface area (Å²) in [5, 5.41) is 36.2. The van der Waals surface area contributed by atoms with Crippen molar-refractivity contribution in [3.8, 4) is 0 Å². The predicted molar refractivity (Wildman–Crippen MR) is 313 cm³/mol. The molecule has 6 amide bonds. The van der Waals surface area contributed by atoms with Crippen molar-refractivity contribution >= 4 is 69.0 Å². The van der Waals surface area contributed by atoms with Crippen molar-refractivity contribution in [2.45, 2.75) is 177 Å². The summed E-state index contributed by atoms with van der Waals surface area (Å²) in [6, 6.07) is 15.9. The first-order valence-electron chi connectivity index (χ1n) is 29.2. The second-order valence-electron chi connectivity index (χ2n) is 24.3. The van der Waals surface area contributed by atoms with E-state index in [0.717, 1.165) is 61.2 Å². The zero-order chi connectivity index (χ0) is 57.2. The molecule has 0 bridgehead atoms. The van der Waals surface area contributed by atoms with E-state index in [1.54, 1.807) is 11.8 Å². The molecule has 0 spiro atoms. The summed E-state index contributed by atoms with van der Waals surface area (Å²) in [6.45, 7) is 9.85. The molecule has 10 atom stereocenters. The highest BCUT2D eigenvalue weighted by atomic mass is 32.2. The van der Waals surface area contributed by atoms with Gasteiger partial charge in [-0.05, 0) is 97.9 Å². The lowest BCUT2D eigenvalue weighted by molar-refractivity contribution is -0.144. The average molecular weight is 1170 g/mol. The minimum absolute atomic E-state index is 0.00448. The Hall–Kier alpha value is -4.29. The molecule has 0 radical (unpaired) electrons. The number of β-amino-alcohol motifs (C(OH)–C–C–N with tert-alkyl or cyclic N) is 1. The summed E-state index contributed by atoms with van der Waals surface area (Å²) in [5.74, 6) is 0.559. The van der Waals surface area contributed by atoms with Crippen molar-refractivity contribution in [2.75, 3.05) is 57.2 Å². The molecule has 5 saturated heterocycles. The minimum Gasteiger partial charge on any atom is -0.391 e. The number of carbonyl (C=O) groups is 6. The normalized spacial score (nSPS) is 27.9. The van der Waals surface area contributed by atoms with Crippen LogP contribution in [-0.4, -0.2) is 151 Å². The molecular formula is C58H88N10O9S3. The first kappa shape index (κ1) is 61.8. The summed E-state index contributed by atoms with van der Waals surface area (Å²) in [7, 11) is -3.36. The molecule has 8 rings (SSSR count). The third kappa shape index (κ3) is 16.1. The highest BCUT2D eigenvalue weighted by Crippen LogP contribution is 2.54. The van der Waals surface area contributed by atoms with E-state index in [-0.39, 0.29) is 90.2 Å². The zero-order valence-corrected chi connectivity index (χ0v) is 49.9. The van der Waals surface area contributed by atoms with Crippen molar-refractivity contribution in [3.63, 3.8) is 0 Å². The number of likely N-dealkylation sites (tertiary alicyclic amines) is 1. The SMILES string of the molecule is CC1NCSC1(c1ccc(CNC(=O)[C@@H]2C[C@@H](O)CN2C(=O)[C@@H](NC(=O)CCCCCCC(=O)NCC2CC(c3cccc(C4CSC(NC(=O)CNC(=O)C5CCN(S(C)(=O)=O)C5)N4)c3)CCN2)C(C)(C)C)cc1)C1CCCC1. The van der Waals surface area contributed by atoms with Gasteiger partial charge in [-0.3, -0.25) is 34.1 Å². The maximum absolute atomic E-state index is 14.2. The van der Waals surface area contributed by atoms with E-state index in [4.69, 9.17) is 0 Å². The number of amides is 6. The molecule has 9 N–H and O–H groups in total. The largest absolute Gasteiger partial charge is 0.391 e. The third-order valence-corrected chi connectivity index (χ3v) is 21.4. The standard InChI is InChI=1S/C58H88N10O9S3/c1-37-58(79-36-63-37,43-15-10-11-16-43)44-21-19-38(20-22-44)30-61-54(74)48-29-46(69)34-68(48)55(75)52(57(2,3)4)65-50(71)18-9-7-6-8-17-49(70)60-31-45-28-40(23-25-59-45)39-13-12-14-41(27-39)47-35-78-56(64-47)66-51(72)32-62-53(73)42-24-26-67(33-42)80(5,76)77/h12-14,19-22,27,37,40,42-43,45-48,52,56,59,63-64,69H,6-11,15-18,23-26,28-36H2,1-5H3,(H,60,70)(H,61,74)(H,62,73)(H,65,71)(H,66,72)/t37?,40?,42?,45?,46-,47?,48+,52-,56?,58?/m1/s1. The number of benzene rings is 2. The van der Waals surface area contributed by atoms with Gasteiger partial charge in [0.1, 0.15) is 17.6 Å². The van der Waals surface area contributed by atoms with Crippen molar-refractivity contribution in [1.29, 1.82) is 0 Å². The fourth-order valence-corrected chi connectivity index (χ4v) is 16.5. The quantitative estimate of drug-likeness (QED) is 0.0713. The Morgan fingerprint density at radius 2 is 1.56 bits per heavy atom. The molecule has 6 aliphatic rings. The molecule has 2 aromatic carbocycles. The number of nitrogens with one attached hydrogen (secondary N) is 8. The highest BCUT2D eigenvalue weighted by molar-refractivity contribution is 8.00. The second kappa shape index (κ2) is 27.9. The van der Waals surface area contributed by atoms with Gasteiger partial charge in [-0.2, -0.15) is 0 Å². The summed E-state index contributed by atoms with van der Waals surface area (Å²) >= 11 is 3.60. The van der Waals surface area contributed by atoms with Crippen LogP contribution in [0.1, 0.15) is 152 Å². The van der Waals surface area contributed by atoms with Gasteiger partial charge in [0.05, 0.1) is 29.6 Å². The third-order valence-electron chi connectivity index (χ3n) is 17.3. The van der Waals surface area contributed by atoms with Crippen LogP contribution in [0.4, 0.5) is 0 Å². The molecule has 80 heavy (non-hydrogen) atoms. The first-order chi connectivity index (χ1) is 38.2. The Morgan fingerprint density at radius 1 is 0.838 bits per heavy atom. The Bertz CT molecular complexity index is 2600. The van der Waals surface area contributed by atoms with Gasteiger partial charge in [-0.15, -0.1) is 23.5 Å². The van der Waals surface area contributed by atoms with Crippen molar-refractivity contribution in [2.24, 2.45) is 17.3 Å². The fraction of sp³-hybridized carbons (Fsp3) is 0.690. The number of nitrogens with zero attached hydrogens (tertiary/aromatic N) is 2. The van der Waals surface area contributed by atoms with Crippen LogP contribution in [0.5, 0.6) is 0 Å². The van der Waals surface area contributed by atoms with Gasteiger partial charge in [-0.1, -0.05) is 95.0 Å². The van der Waals surface area contributed by atoms with Crippen LogP contribution in [0.2, 0.25) is 0 Å². The van der Waals surface area contributed by atoms with E-state index < -0.39 is 39.5 Å². The van der Waals surface area contributed by atoms with Gasteiger partial charge >= 0.3 is 0 Å². The van der Waals surface area contributed by atoms with Crippen molar-refractivity contribution in [1.82, 2.24) is 51.7 Å². The number of sulfonamides is 1. The number of piperidine rings is 1.